The zero-order valence-electron chi connectivity index (χ0n) is 9.34. The molecule has 6 nitrogen and oxygen atoms in total. The van der Waals surface area contributed by atoms with E-state index >= 15 is 0 Å². The number of hydrogen-bond acceptors (Lipinski definition) is 6. The van der Waals surface area contributed by atoms with Crippen molar-refractivity contribution in [1.29, 1.82) is 0 Å². The van der Waals surface area contributed by atoms with Gasteiger partial charge < -0.3 is 20.6 Å². The highest BCUT2D eigenvalue weighted by molar-refractivity contribution is 4.95. The molecule has 2 heterocycles. The molecule has 0 aromatic rings. The fourth-order valence-electron chi connectivity index (χ4n) is 2.33. The van der Waals surface area contributed by atoms with Crippen molar-refractivity contribution in [3.8, 4) is 0 Å². The van der Waals surface area contributed by atoms with E-state index in [1.165, 1.54) is 12.8 Å². The quantitative estimate of drug-likeness (QED) is 0.372. The summed E-state index contributed by atoms with van der Waals surface area (Å²) in [4.78, 5) is 0. The van der Waals surface area contributed by atoms with Crippen molar-refractivity contribution in [3.63, 3.8) is 0 Å². The number of hydrogen-bond donors (Lipinski definition) is 5. The van der Waals surface area contributed by atoms with Crippen molar-refractivity contribution >= 4 is 0 Å². The number of aliphatic hydroxyl groups is 3. The molecular formula is C10H21N3O3. The van der Waals surface area contributed by atoms with Gasteiger partial charge in [-0.05, 0) is 12.8 Å². The Hall–Kier alpha value is -0.240. The Bertz CT molecular complexity index is 223. The van der Waals surface area contributed by atoms with Crippen LogP contribution in [0.5, 0.6) is 0 Å². The average molecular weight is 231 g/mol. The summed E-state index contributed by atoms with van der Waals surface area (Å²) >= 11 is 0. The molecule has 16 heavy (non-hydrogen) atoms. The summed E-state index contributed by atoms with van der Waals surface area (Å²) in [6, 6.07) is -0.440. The molecule has 0 aromatic heterocycles. The van der Waals surface area contributed by atoms with Crippen molar-refractivity contribution in [2.75, 3.05) is 26.2 Å². The third-order valence-corrected chi connectivity index (χ3v) is 3.37. The van der Waals surface area contributed by atoms with Crippen LogP contribution in [0.2, 0.25) is 0 Å². The van der Waals surface area contributed by atoms with E-state index in [1.54, 1.807) is 0 Å². The first-order valence-corrected chi connectivity index (χ1v) is 5.94. The number of rotatable bonds is 4. The predicted octanol–water partition coefficient (Wildman–Crippen LogP) is -2.36. The second-order valence-electron chi connectivity index (χ2n) is 4.62. The van der Waals surface area contributed by atoms with E-state index in [0.717, 1.165) is 13.1 Å². The van der Waals surface area contributed by atoms with E-state index in [9.17, 15) is 15.3 Å². The molecular weight excluding hydrogens is 210 g/mol. The van der Waals surface area contributed by atoms with Crippen LogP contribution in [0.25, 0.3) is 0 Å². The number of aliphatic hydroxyl groups excluding tert-OH is 3. The molecule has 94 valence electrons. The molecule has 2 rings (SSSR count). The highest BCUT2D eigenvalue weighted by Crippen LogP contribution is 2.11. The Morgan fingerprint density at radius 3 is 2.56 bits per heavy atom. The zero-order chi connectivity index (χ0) is 11.5. The highest BCUT2D eigenvalue weighted by Gasteiger charge is 2.37. The number of nitrogens with zero attached hydrogens (tertiary/aromatic N) is 1. The lowest BCUT2D eigenvalue weighted by Gasteiger charge is -2.25. The molecule has 0 aromatic carbocycles. The molecule has 0 bridgehead atoms. The Balaban J connectivity index is 1.72. The van der Waals surface area contributed by atoms with E-state index in [-0.39, 0.29) is 0 Å². The van der Waals surface area contributed by atoms with Gasteiger partial charge in [0.25, 0.3) is 0 Å². The number of nitrogens with one attached hydrogen (secondary N) is 2. The predicted molar refractivity (Wildman–Crippen MR) is 58.6 cm³/mol. The van der Waals surface area contributed by atoms with Crippen LogP contribution in [0.3, 0.4) is 0 Å². The molecule has 6 heteroatoms. The summed E-state index contributed by atoms with van der Waals surface area (Å²) in [5.74, 6) is 0. The third kappa shape index (κ3) is 2.71. The minimum absolute atomic E-state index is 0.340. The fourth-order valence-corrected chi connectivity index (χ4v) is 2.33. The van der Waals surface area contributed by atoms with Crippen LogP contribution in [-0.4, -0.2) is 70.9 Å². The van der Waals surface area contributed by atoms with Gasteiger partial charge in [-0.2, -0.15) is 0 Å². The van der Waals surface area contributed by atoms with Crippen molar-refractivity contribution in [3.05, 3.63) is 0 Å². The highest BCUT2D eigenvalue weighted by atomic mass is 16.3. The second-order valence-corrected chi connectivity index (χ2v) is 4.62. The molecule has 0 radical (unpaired) electrons. The summed E-state index contributed by atoms with van der Waals surface area (Å²) < 4.78 is 0. The minimum Gasteiger partial charge on any atom is -0.390 e. The van der Waals surface area contributed by atoms with Crippen LogP contribution in [0.15, 0.2) is 0 Å². The lowest BCUT2D eigenvalue weighted by Crippen LogP contribution is -2.50. The third-order valence-electron chi connectivity index (χ3n) is 3.37. The summed E-state index contributed by atoms with van der Waals surface area (Å²) in [5.41, 5.74) is 3.14. The first kappa shape index (κ1) is 12.2. The van der Waals surface area contributed by atoms with Crippen LogP contribution < -0.4 is 10.7 Å². The molecule has 2 aliphatic rings. The van der Waals surface area contributed by atoms with Crippen molar-refractivity contribution in [1.82, 2.24) is 15.8 Å². The number of β-amino-alcohol motifs (C(OH)–C–C–N with tert-alkyl or cyclic N) is 1. The summed E-state index contributed by atoms with van der Waals surface area (Å²) in [5, 5.41) is 33.8. The normalized spacial score (nSPS) is 38.1. The van der Waals surface area contributed by atoms with Gasteiger partial charge in [0.15, 0.2) is 0 Å². The Morgan fingerprint density at radius 1 is 1.31 bits per heavy atom. The minimum atomic E-state index is -0.879. The zero-order valence-corrected chi connectivity index (χ0v) is 9.34. The van der Waals surface area contributed by atoms with E-state index < -0.39 is 24.4 Å². The first-order valence-electron chi connectivity index (χ1n) is 5.94. The molecule has 2 saturated heterocycles. The standard InChI is InChI=1S/C10H21N3O3/c14-7(6-12-13-3-1-2-4-13)9-10(16)8(15)5-11-9/h7-12,14-16H,1-6H2/t7-,8-,9-,10-/m0/s1. The maximum atomic E-state index is 9.87. The van der Waals surface area contributed by atoms with Crippen LogP contribution >= 0.6 is 0 Å². The van der Waals surface area contributed by atoms with Crippen LogP contribution in [-0.2, 0) is 0 Å². The van der Waals surface area contributed by atoms with E-state index in [1.807, 2.05) is 0 Å². The van der Waals surface area contributed by atoms with Gasteiger partial charge in [-0.1, -0.05) is 0 Å². The van der Waals surface area contributed by atoms with Gasteiger partial charge >= 0.3 is 0 Å². The molecule has 0 unspecified atom stereocenters. The van der Waals surface area contributed by atoms with Gasteiger partial charge in [-0.25, -0.2) is 5.01 Å². The molecule has 2 aliphatic heterocycles. The van der Waals surface area contributed by atoms with Gasteiger partial charge in [0.2, 0.25) is 0 Å². The average Bonchev–Trinajstić information content (AvgIpc) is 2.88. The Labute approximate surface area is 95.2 Å². The maximum Gasteiger partial charge on any atom is 0.0989 e. The topological polar surface area (TPSA) is 88.0 Å². The molecule has 0 spiro atoms. The fraction of sp³-hybridized carbons (Fsp3) is 1.00. The Morgan fingerprint density at radius 2 is 2.00 bits per heavy atom. The second kappa shape index (κ2) is 5.39. The molecule has 0 saturated carbocycles. The molecule has 4 atom stereocenters. The largest absolute Gasteiger partial charge is 0.390 e. The van der Waals surface area contributed by atoms with Crippen LogP contribution in [0.4, 0.5) is 0 Å². The van der Waals surface area contributed by atoms with Crippen molar-refractivity contribution < 1.29 is 15.3 Å². The molecule has 2 fully saturated rings. The summed E-state index contributed by atoms with van der Waals surface area (Å²) in [6.07, 6.45) is 0.0349. The SMILES string of the molecule is O[C@@H]1[C@H]([C@@H](O)CNN2CCCC2)NC[C@@H]1O. The molecule has 5 N–H and O–H groups in total. The van der Waals surface area contributed by atoms with E-state index in [2.05, 4.69) is 15.8 Å². The van der Waals surface area contributed by atoms with Crippen molar-refractivity contribution in [2.24, 2.45) is 0 Å². The van der Waals surface area contributed by atoms with Crippen LogP contribution in [0, 0.1) is 0 Å². The Kier molecular flexibility index (Phi) is 4.12. The first-order chi connectivity index (χ1) is 7.68. The lowest BCUT2D eigenvalue weighted by molar-refractivity contribution is 0.00225. The van der Waals surface area contributed by atoms with Gasteiger partial charge in [0.05, 0.1) is 24.4 Å². The summed E-state index contributed by atoms with van der Waals surface area (Å²) in [7, 11) is 0. The van der Waals surface area contributed by atoms with Crippen molar-refractivity contribution in [2.45, 2.75) is 37.2 Å². The van der Waals surface area contributed by atoms with E-state index in [4.69, 9.17) is 0 Å². The van der Waals surface area contributed by atoms with Gasteiger partial charge in [0.1, 0.15) is 0 Å². The van der Waals surface area contributed by atoms with Gasteiger partial charge in [-0.3, -0.25) is 5.43 Å². The van der Waals surface area contributed by atoms with Gasteiger partial charge in [0, 0.05) is 26.2 Å². The molecule has 0 aliphatic carbocycles. The smallest absolute Gasteiger partial charge is 0.0989 e. The van der Waals surface area contributed by atoms with Gasteiger partial charge in [-0.15, -0.1) is 0 Å². The molecule has 0 amide bonds. The van der Waals surface area contributed by atoms with E-state index in [0.29, 0.717) is 13.1 Å². The maximum absolute atomic E-state index is 9.87. The monoisotopic (exact) mass is 231 g/mol. The number of hydrazine groups is 1. The lowest BCUT2D eigenvalue weighted by atomic mass is 10.1. The summed E-state index contributed by atoms with van der Waals surface area (Å²) in [6.45, 7) is 2.76. The van der Waals surface area contributed by atoms with Crippen LogP contribution in [0.1, 0.15) is 12.8 Å².